The highest BCUT2D eigenvalue weighted by atomic mass is 32.2. The van der Waals surface area contributed by atoms with Crippen LogP contribution >= 0.6 is 0 Å². The van der Waals surface area contributed by atoms with Crippen LogP contribution in [0.2, 0.25) is 0 Å². The van der Waals surface area contributed by atoms with Gasteiger partial charge in [-0.15, -0.1) is 0 Å². The van der Waals surface area contributed by atoms with E-state index in [0.29, 0.717) is 23.5 Å². The van der Waals surface area contributed by atoms with E-state index in [1.54, 1.807) is 11.5 Å². The predicted molar refractivity (Wildman–Crippen MR) is 78.0 cm³/mol. The van der Waals surface area contributed by atoms with Crippen molar-refractivity contribution in [3.63, 3.8) is 0 Å². The maximum atomic E-state index is 13.0. The summed E-state index contributed by atoms with van der Waals surface area (Å²) in [7, 11) is -3.77. The Morgan fingerprint density at radius 2 is 2.05 bits per heavy atom. The van der Waals surface area contributed by atoms with Gasteiger partial charge in [0.05, 0.1) is 12.3 Å². The summed E-state index contributed by atoms with van der Waals surface area (Å²) in [5.41, 5.74) is 1.34. The fourth-order valence-corrected chi connectivity index (χ4v) is 3.24. The van der Waals surface area contributed by atoms with Gasteiger partial charge in [-0.25, -0.2) is 12.8 Å². The highest BCUT2D eigenvalue weighted by Gasteiger charge is 2.19. The van der Waals surface area contributed by atoms with Gasteiger partial charge in [0.2, 0.25) is 0 Å². The third-order valence-corrected chi connectivity index (χ3v) is 4.54. The molecule has 2 aromatic rings. The molecule has 0 saturated carbocycles. The quantitative estimate of drug-likeness (QED) is 0.889. The molecule has 5 nitrogen and oxygen atoms in total. The minimum Gasteiger partial charge on any atom is -0.390 e. The Morgan fingerprint density at radius 1 is 1.33 bits per heavy atom. The summed E-state index contributed by atoms with van der Waals surface area (Å²) in [6.45, 7) is 3.80. The topological polar surface area (TPSA) is 71.3 Å². The molecule has 0 radical (unpaired) electrons. The second-order valence-corrected chi connectivity index (χ2v) is 6.36. The van der Waals surface area contributed by atoms with Crippen molar-refractivity contribution < 1.29 is 17.9 Å². The third-order valence-electron chi connectivity index (χ3n) is 3.21. The summed E-state index contributed by atoms with van der Waals surface area (Å²) in [6.07, 6.45) is 1.47. The maximum absolute atomic E-state index is 13.0. The van der Waals surface area contributed by atoms with Crippen molar-refractivity contribution in [2.75, 3.05) is 4.72 Å². The fourth-order valence-electron chi connectivity index (χ4n) is 2.04. The smallest absolute Gasteiger partial charge is 0.263 e. The van der Waals surface area contributed by atoms with E-state index in [4.69, 9.17) is 0 Å². The first-order chi connectivity index (χ1) is 9.87. The molecule has 0 fully saturated rings. The Balaban J connectivity index is 2.36. The number of nitrogens with zero attached hydrogens (tertiary/aromatic N) is 1. The molecule has 21 heavy (non-hydrogen) atoms. The Labute approximate surface area is 123 Å². The Bertz CT molecular complexity index is 732. The molecule has 1 aromatic heterocycles. The molecule has 0 spiro atoms. The van der Waals surface area contributed by atoms with E-state index < -0.39 is 15.8 Å². The van der Waals surface area contributed by atoms with Gasteiger partial charge in [-0.2, -0.15) is 0 Å². The SMILES string of the molecule is CCn1cc(S(=O)(=O)Nc2ccc(F)cc2C)cc1CO. The van der Waals surface area contributed by atoms with Crippen LogP contribution in [-0.4, -0.2) is 18.1 Å². The molecule has 2 rings (SSSR count). The second-order valence-electron chi connectivity index (χ2n) is 4.68. The van der Waals surface area contributed by atoms with Gasteiger partial charge in [0, 0.05) is 18.4 Å². The number of aryl methyl sites for hydroxylation is 2. The van der Waals surface area contributed by atoms with Crippen LogP contribution in [-0.2, 0) is 23.2 Å². The summed E-state index contributed by atoms with van der Waals surface area (Å²) in [4.78, 5) is 0.0668. The van der Waals surface area contributed by atoms with Gasteiger partial charge in [0.1, 0.15) is 10.7 Å². The number of benzene rings is 1. The zero-order valence-corrected chi connectivity index (χ0v) is 12.6. The molecule has 0 aliphatic rings. The lowest BCUT2D eigenvalue weighted by atomic mass is 10.2. The van der Waals surface area contributed by atoms with Gasteiger partial charge in [0.15, 0.2) is 0 Å². The molecule has 0 bridgehead atoms. The summed E-state index contributed by atoms with van der Waals surface area (Å²) in [5.74, 6) is -0.421. The van der Waals surface area contributed by atoms with Crippen molar-refractivity contribution >= 4 is 15.7 Å². The molecule has 0 atom stereocenters. The average Bonchev–Trinajstić information content (AvgIpc) is 2.86. The van der Waals surface area contributed by atoms with Crippen molar-refractivity contribution in [2.45, 2.75) is 31.9 Å². The van der Waals surface area contributed by atoms with E-state index in [1.807, 2.05) is 6.92 Å². The molecule has 1 heterocycles. The van der Waals surface area contributed by atoms with Crippen LogP contribution in [0.1, 0.15) is 18.2 Å². The largest absolute Gasteiger partial charge is 0.390 e. The molecule has 0 aliphatic heterocycles. The minimum atomic E-state index is -3.77. The van der Waals surface area contributed by atoms with Gasteiger partial charge in [-0.05, 0) is 43.7 Å². The maximum Gasteiger partial charge on any atom is 0.263 e. The van der Waals surface area contributed by atoms with Crippen LogP contribution in [0, 0.1) is 12.7 Å². The number of hydrogen-bond acceptors (Lipinski definition) is 3. The molecule has 0 saturated heterocycles. The van der Waals surface area contributed by atoms with Crippen molar-refractivity contribution in [2.24, 2.45) is 0 Å². The van der Waals surface area contributed by atoms with E-state index in [0.717, 1.165) is 0 Å². The van der Waals surface area contributed by atoms with Crippen LogP contribution in [0.4, 0.5) is 10.1 Å². The lowest BCUT2D eigenvalue weighted by Gasteiger charge is -2.09. The second kappa shape index (κ2) is 5.87. The number of sulfonamides is 1. The molecule has 114 valence electrons. The Kier molecular flexibility index (Phi) is 4.34. The Hall–Kier alpha value is -1.86. The number of halogens is 1. The van der Waals surface area contributed by atoms with Crippen molar-refractivity contribution in [3.05, 3.63) is 47.5 Å². The highest BCUT2D eigenvalue weighted by molar-refractivity contribution is 7.92. The van der Waals surface area contributed by atoms with Gasteiger partial charge in [-0.3, -0.25) is 4.72 Å². The number of aromatic nitrogens is 1. The third kappa shape index (κ3) is 3.25. The summed E-state index contributed by atoms with van der Waals surface area (Å²) < 4.78 is 41.8. The standard InChI is InChI=1S/C14H17FN2O3S/c1-3-17-8-13(7-12(17)9-18)21(19,20)16-14-5-4-11(15)6-10(14)2/h4-8,16,18H,3,9H2,1-2H3. The summed E-state index contributed by atoms with van der Waals surface area (Å²) in [5, 5.41) is 9.22. The highest BCUT2D eigenvalue weighted by Crippen LogP contribution is 2.22. The summed E-state index contributed by atoms with van der Waals surface area (Å²) >= 11 is 0. The van der Waals surface area contributed by atoms with Crippen LogP contribution in [0.15, 0.2) is 35.4 Å². The van der Waals surface area contributed by atoms with E-state index in [-0.39, 0.29) is 11.5 Å². The van der Waals surface area contributed by atoms with Gasteiger partial charge in [0.25, 0.3) is 10.0 Å². The lowest BCUT2D eigenvalue weighted by molar-refractivity contribution is 0.271. The number of anilines is 1. The Morgan fingerprint density at radius 3 is 2.57 bits per heavy atom. The van der Waals surface area contributed by atoms with Crippen LogP contribution < -0.4 is 4.72 Å². The normalized spacial score (nSPS) is 11.6. The number of aliphatic hydroxyl groups excluding tert-OH is 1. The first kappa shape index (κ1) is 15.5. The monoisotopic (exact) mass is 312 g/mol. The zero-order chi connectivity index (χ0) is 15.6. The number of aliphatic hydroxyl groups is 1. The van der Waals surface area contributed by atoms with Gasteiger partial charge < -0.3 is 9.67 Å². The molecule has 1 aromatic carbocycles. The molecule has 7 heteroatoms. The van der Waals surface area contributed by atoms with Gasteiger partial charge >= 0.3 is 0 Å². The molecule has 2 N–H and O–H groups in total. The molecular weight excluding hydrogens is 295 g/mol. The lowest BCUT2D eigenvalue weighted by Crippen LogP contribution is -2.13. The minimum absolute atomic E-state index is 0.0668. The molecule has 0 amide bonds. The predicted octanol–water partition coefficient (Wildman–Crippen LogP) is 2.25. The summed E-state index contributed by atoms with van der Waals surface area (Å²) in [6, 6.07) is 5.26. The van der Waals surface area contributed by atoms with E-state index in [9.17, 15) is 17.9 Å². The number of rotatable bonds is 5. The number of nitrogens with one attached hydrogen (secondary N) is 1. The van der Waals surface area contributed by atoms with Crippen molar-refractivity contribution in [3.8, 4) is 0 Å². The zero-order valence-electron chi connectivity index (χ0n) is 11.8. The van der Waals surface area contributed by atoms with Crippen LogP contribution in [0.25, 0.3) is 0 Å². The van der Waals surface area contributed by atoms with E-state index in [1.165, 1.54) is 30.5 Å². The van der Waals surface area contributed by atoms with E-state index in [2.05, 4.69) is 4.72 Å². The first-order valence-electron chi connectivity index (χ1n) is 6.46. The van der Waals surface area contributed by atoms with Crippen molar-refractivity contribution in [1.29, 1.82) is 0 Å². The molecule has 0 unspecified atom stereocenters. The average molecular weight is 312 g/mol. The van der Waals surface area contributed by atoms with Gasteiger partial charge in [-0.1, -0.05) is 0 Å². The van der Waals surface area contributed by atoms with E-state index >= 15 is 0 Å². The van der Waals surface area contributed by atoms with Crippen LogP contribution in [0.3, 0.4) is 0 Å². The number of hydrogen-bond donors (Lipinski definition) is 2. The molecule has 0 aliphatic carbocycles. The molecular formula is C14H17FN2O3S. The van der Waals surface area contributed by atoms with Crippen LogP contribution in [0.5, 0.6) is 0 Å². The fraction of sp³-hybridized carbons (Fsp3) is 0.286. The van der Waals surface area contributed by atoms with Crippen molar-refractivity contribution in [1.82, 2.24) is 4.57 Å². The first-order valence-corrected chi connectivity index (χ1v) is 7.94.